The maximum atomic E-state index is 12.5. The molecule has 0 radical (unpaired) electrons. The van der Waals surface area contributed by atoms with Gasteiger partial charge >= 0.3 is 6.09 Å². The third-order valence-corrected chi connectivity index (χ3v) is 3.46. The summed E-state index contributed by atoms with van der Waals surface area (Å²) in [6.07, 6.45) is -0.652. The third-order valence-electron chi connectivity index (χ3n) is 3.27. The van der Waals surface area contributed by atoms with E-state index in [1.54, 1.807) is 42.5 Å². The van der Waals surface area contributed by atoms with E-state index in [1.165, 1.54) is 7.11 Å². The molecule has 0 saturated heterocycles. The molecule has 0 unspecified atom stereocenters. The highest BCUT2D eigenvalue weighted by Gasteiger charge is 2.14. The standard InChI is InChI=1S/C16H13N3O4S/c1-22-15(21)18-11-5-3-2-4-10(11)14(20)17-9-6-7-12-13(8-9)23-16(24)19-12/h2-8H,1H3,(H,17,20)(H,18,21)(H,19,24). The van der Waals surface area contributed by atoms with E-state index >= 15 is 0 Å². The molecule has 1 heterocycles. The fraction of sp³-hybridized carbons (Fsp3) is 0.0625. The van der Waals surface area contributed by atoms with Crippen molar-refractivity contribution in [3.05, 3.63) is 52.9 Å². The molecule has 0 bridgehead atoms. The monoisotopic (exact) mass is 343 g/mol. The Morgan fingerprint density at radius 1 is 1.17 bits per heavy atom. The average Bonchev–Trinajstić information content (AvgIpc) is 2.94. The summed E-state index contributed by atoms with van der Waals surface area (Å²) in [6, 6.07) is 11.8. The normalized spacial score (nSPS) is 10.4. The van der Waals surface area contributed by atoms with Crippen LogP contribution in [0.25, 0.3) is 11.1 Å². The number of hydrogen-bond donors (Lipinski definition) is 3. The fourth-order valence-corrected chi connectivity index (χ4v) is 2.37. The van der Waals surface area contributed by atoms with E-state index in [2.05, 4.69) is 20.4 Å². The quantitative estimate of drug-likeness (QED) is 0.626. The number of rotatable bonds is 3. The van der Waals surface area contributed by atoms with Crippen molar-refractivity contribution in [2.75, 3.05) is 17.7 Å². The first-order valence-corrected chi connectivity index (χ1v) is 7.36. The van der Waals surface area contributed by atoms with Gasteiger partial charge < -0.3 is 19.5 Å². The number of aromatic amines is 1. The summed E-state index contributed by atoms with van der Waals surface area (Å²) in [4.78, 5) is 27.0. The minimum Gasteiger partial charge on any atom is -0.453 e. The molecule has 3 N–H and O–H groups in total. The minimum absolute atomic E-state index is 0.265. The highest BCUT2D eigenvalue weighted by molar-refractivity contribution is 7.71. The van der Waals surface area contributed by atoms with E-state index in [9.17, 15) is 9.59 Å². The second kappa shape index (κ2) is 6.55. The molecule has 7 nitrogen and oxygen atoms in total. The van der Waals surface area contributed by atoms with Crippen molar-refractivity contribution >= 4 is 46.7 Å². The highest BCUT2D eigenvalue weighted by Crippen LogP contribution is 2.21. The summed E-state index contributed by atoms with van der Waals surface area (Å²) in [5.41, 5.74) is 2.47. The van der Waals surface area contributed by atoms with Gasteiger partial charge in [0.1, 0.15) is 0 Å². The van der Waals surface area contributed by atoms with Crippen molar-refractivity contribution in [1.29, 1.82) is 0 Å². The van der Waals surface area contributed by atoms with Gasteiger partial charge in [0.2, 0.25) is 0 Å². The molecule has 0 saturated carbocycles. The number of anilines is 2. The van der Waals surface area contributed by atoms with Gasteiger partial charge in [0.25, 0.3) is 10.7 Å². The van der Waals surface area contributed by atoms with Crippen molar-refractivity contribution < 1.29 is 18.7 Å². The van der Waals surface area contributed by atoms with E-state index in [-0.39, 0.29) is 10.7 Å². The van der Waals surface area contributed by atoms with Gasteiger partial charge in [0.05, 0.1) is 23.9 Å². The zero-order valence-corrected chi connectivity index (χ0v) is 13.4. The summed E-state index contributed by atoms with van der Waals surface area (Å²) < 4.78 is 9.87. The van der Waals surface area contributed by atoms with Gasteiger partial charge in [-0.2, -0.15) is 0 Å². The summed E-state index contributed by atoms with van der Waals surface area (Å²) in [5, 5.41) is 5.25. The first-order chi connectivity index (χ1) is 11.6. The van der Waals surface area contributed by atoms with Crippen molar-refractivity contribution in [1.82, 2.24) is 4.98 Å². The van der Waals surface area contributed by atoms with Crippen LogP contribution < -0.4 is 10.6 Å². The van der Waals surface area contributed by atoms with Crippen LogP contribution in [-0.4, -0.2) is 24.1 Å². The summed E-state index contributed by atoms with van der Waals surface area (Å²) in [7, 11) is 1.25. The van der Waals surface area contributed by atoms with E-state index in [4.69, 9.17) is 16.6 Å². The molecule has 24 heavy (non-hydrogen) atoms. The number of para-hydroxylation sites is 1. The van der Waals surface area contributed by atoms with E-state index in [0.717, 1.165) is 5.52 Å². The molecule has 122 valence electrons. The van der Waals surface area contributed by atoms with Gasteiger partial charge in [-0.25, -0.2) is 4.79 Å². The van der Waals surface area contributed by atoms with Crippen LogP contribution in [0.3, 0.4) is 0 Å². The fourth-order valence-electron chi connectivity index (χ4n) is 2.17. The van der Waals surface area contributed by atoms with Gasteiger partial charge in [-0.15, -0.1) is 0 Å². The molecular weight excluding hydrogens is 330 g/mol. The summed E-state index contributed by atoms with van der Waals surface area (Å²) >= 11 is 4.93. The summed E-state index contributed by atoms with van der Waals surface area (Å²) in [6.45, 7) is 0. The number of oxazole rings is 1. The molecule has 0 aliphatic heterocycles. The highest BCUT2D eigenvalue weighted by atomic mass is 32.1. The Kier molecular flexibility index (Phi) is 4.30. The number of amides is 2. The topological polar surface area (TPSA) is 96.4 Å². The van der Waals surface area contributed by atoms with Crippen molar-refractivity contribution in [3.8, 4) is 0 Å². The summed E-state index contributed by atoms with van der Waals surface area (Å²) in [5.74, 6) is -0.379. The zero-order valence-electron chi connectivity index (χ0n) is 12.6. The molecule has 8 heteroatoms. The number of fused-ring (bicyclic) bond motifs is 1. The van der Waals surface area contributed by atoms with Crippen LogP contribution in [0.2, 0.25) is 0 Å². The molecule has 0 aliphatic rings. The molecule has 0 atom stereocenters. The Labute approximate surface area is 141 Å². The van der Waals surface area contributed by atoms with Crippen LogP contribution in [0.4, 0.5) is 16.2 Å². The van der Waals surface area contributed by atoms with E-state index < -0.39 is 6.09 Å². The molecule has 1 aromatic heterocycles. The predicted molar refractivity (Wildman–Crippen MR) is 91.8 cm³/mol. The van der Waals surface area contributed by atoms with Crippen LogP contribution in [0.5, 0.6) is 0 Å². The van der Waals surface area contributed by atoms with Crippen molar-refractivity contribution in [3.63, 3.8) is 0 Å². The maximum absolute atomic E-state index is 12.5. The molecule has 0 fully saturated rings. The number of ether oxygens (including phenoxy) is 1. The second-order valence-corrected chi connectivity index (χ2v) is 5.21. The Morgan fingerprint density at radius 3 is 2.75 bits per heavy atom. The molecule has 2 amide bonds. The molecule has 3 aromatic rings. The molecule has 0 spiro atoms. The van der Waals surface area contributed by atoms with Crippen LogP contribution in [-0.2, 0) is 4.74 Å². The van der Waals surface area contributed by atoms with E-state index in [1.807, 2.05) is 0 Å². The van der Waals surface area contributed by atoms with Gasteiger partial charge in [-0.05, 0) is 36.5 Å². The lowest BCUT2D eigenvalue weighted by atomic mass is 10.1. The SMILES string of the molecule is COC(=O)Nc1ccccc1C(=O)Nc1ccc2[nH]c(=S)oc2c1. The second-order valence-electron chi connectivity index (χ2n) is 4.84. The lowest BCUT2D eigenvalue weighted by Crippen LogP contribution is -2.18. The first kappa shape index (κ1) is 15.8. The molecule has 3 rings (SSSR count). The van der Waals surface area contributed by atoms with Crippen LogP contribution in [0.1, 0.15) is 10.4 Å². The zero-order chi connectivity index (χ0) is 17.1. The Morgan fingerprint density at radius 2 is 1.96 bits per heavy atom. The number of aromatic nitrogens is 1. The van der Waals surface area contributed by atoms with Gasteiger partial charge in [-0.1, -0.05) is 12.1 Å². The first-order valence-electron chi connectivity index (χ1n) is 6.95. The number of hydrogen-bond acceptors (Lipinski definition) is 5. The number of benzene rings is 2. The van der Waals surface area contributed by atoms with Crippen LogP contribution >= 0.6 is 12.2 Å². The number of carbonyl (C=O) groups is 2. The Hall–Kier alpha value is -3.13. The predicted octanol–water partition coefficient (Wildman–Crippen LogP) is 3.92. The van der Waals surface area contributed by atoms with Gasteiger partial charge in [0, 0.05) is 11.8 Å². The third kappa shape index (κ3) is 3.28. The maximum Gasteiger partial charge on any atom is 0.411 e. The van der Waals surface area contributed by atoms with E-state index in [0.29, 0.717) is 22.5 Å². The lowest BCUT2D eigenvalue weighted by Gasteiger charge is -2.10. The van der Waals surface area contributed by atoms with Gasteiger partial charge in [-0.3, -0.25) is 10.1 Å². The number of carbonyl (C=O) groups excluding carboxylic acids is 2. The lowest BCUT2D eigenvalue weighted by molar-refractivity contribution is 0.102. The largest absolute Gasteiger partial charge is 0.453 e. The molecule has 0 aliphatic carbocycles. The van der Waals surface area contributed by atoms with Crippen molar-refractivity contribution in [2.45, 2.75) is 0 Å². The number of nitrogens with one attached hydrogen (secondary N) is 3. The average molecular weight is 343 g/mol. The Bertz CT molecular complexity index is 977. The number of methoxy groups -OCH3 is 1. The smallest absolute Gasteiger partial charge is 0.411 e. The number of H-pyrrole nitrogens is 1. The Balaban J connectivity index is 1.86. The van der Waals surface area contributed by atoms with Crippen LogP contribution in [0, 0.1) is 4.84 Å². The van der Waals surface area contributed by atoms with Crippen molar-refractivity contribution in [2.24, 2.45) is 0 Å². The van der Waals surface area contributed by atoms with Crippen LogP contribution in [0.15, 0.2) is 46.9 Å². The van der Waals surface area contributed by atoms with Gasteiger partial charge in [0.15, 0.2) is 5.58 Å². The molecule has 2 aromatic carbocycles. The minimum atomic E-state index is -0.652. The molecular formula is C16H13N3O4S.